The summed E-state index contributed by atoms with van der Waals surface area (Å²) in [7, 11) is 0. The Labute approximate surface area is 142 Å². The SMILES string of the molecule is NCCC(CNC(=O)c1cccc2ccccc12)c1ccccc1. The predicted octanol–water partition coefficient (Wildman–Crippen LogP) is 3.70. The molecule has 3 rings (SSSR count). The number of hydrogen-bond acceptors (Lipinski definition) is 2. The number of amides is 1. The Kier molecular flexibility index (Phi) is 5.24. The number of nitrogens with one attached hydrogen (secondary N) is 1. The van der Waals surface area contributed by atoms with Crippen molar-refractivity contribution in [2.75, 3.05) is 13.1 Å². The summed E-state index contributed by atoms with van der Waals surface area (Å²) >= 11 is 0. The van der Waals surface area contributed by atoms with Crippen LogP contribution in [-0.4, -0.2) is 19.0 Å². The van der Waals surface area contributed by atoms with E-state index < -0.39 is 0 Å². The second kappa shape index (κ2) is 7.75. The monoisotopic (exact) mass is 318 g/mol. The van der Waals surface area contributed by atoms with Gasteiger partial charge < -0.3 is 11.1 Å². The van der Waals surface area contributed by atoms with E-state index in [4.69, 9.17) is 5.73 Å². The average molecular weight is 318 g/mol. The zero-order valence-corrected chi connectivity index (χ0v) is 13.6. The fourth-order valence-corrected chi connectivity index (χ4v) is 3.05. The van der Waals surface area contributed by atoms with Gasteiger partial charge in [-0.1, -0.05) is 66.7 Å². The molecule has 0 bridgehead atoms. The minimum Gasteiger partial charge on any atom is -0.351 e. The Morgan fingerprint density at radius 2 is 1.62 bits per heavy atom. The smallest absolute Gasteiger partial charge is 0.251 e. The van der Waals surface area contributed by atoms with E-state index >= 15 is 0 Å². The van der Waals surface area contributed by atoms with E-state index in [2.05, 4.69) is 17.4 Å². The molecule has 0 aliphatic carbocycles. The molecule has 1 amide bonds. The van der Waals surface area contributed by atoms with Gasteiger partial charge in [0, 0.05) is 18.0 Å². The number of benzene rings is 3. The highest BCUT2D eigenvalue weighted by atomic mass is 16.1. The van der Waals surface area contributed by atoms with Crippen molar-refractivity contribution in [2.45, 2.75) is 12.3 Å². The molecule has 0 aromatic heterocycles. The van der Waals surface area contributed by atoms with E-state index in [0.717, 1.165) is 17.2 Å². The van der Waals surface area contributed by atoms with Crippen LogP contribution in [0.5, 0.6) is 0 Å². The summed E-state index contributed by atoms with van der Waals surface area (Å²) < 4.78 is 0. The quantitative estimate of drug-likeness (QED) is 0.728. The molecule has 0 saturated heterocycles. The highest BCUT2D eigenvalue weighted by molar-refractivity contribution is 6.07. The molecule has 0 saturated carbocycles. The van der Waals surface area contributed by atoms with Crippen LogP contribution in [0.3, 0.4) is 0 Å². The fourth-order valence-electron chi connectivity index (χ4n) is 3.05. The van der Waals surface area contributed by atoms with Gasteiger partial charge in [0.25, 0.3) is 5.91 Å². The normalized spacial score (nSPS) is 12.0. The predicted molar refractivity (Wildman–Crippen MR) is 99.1 cm³/mol. The van der Waals surface area contributed by atoms with Gasteiger partial charge in [0.2, 0.25) is 0 Å². The first kappa shape index (κ1) is 16.2. The average Bonchev–Trinajstić information content (AvgIpc) is 2.65. The molecule has 0 heterocycles. The van der Waals surface area contributed by atoms with Crippen LogP contribution in [0.15, 0.2) is 72.8 Å². The molecule has 3 heteroatoms. The second-order valence-corrected chi connectivity index (χ2v) is 5.92. The number of carbonyl (C=O) groups is 1. The van der Waals surface area contributed by atoms with Crippen molar-refractivity contribution in [3.63, 3.8) is 0 Å². The molecule has 0 fully saturated rings. The standard InChI is InChI=1S/C21H22N2O/c22-14-13-18(16-7-2-1-3-8-16)15-23-21(24)20-12-6-10-17-9-4-5-11-19(17)20/h1-12,18H,13-15,22H2,(H,23,24). The van der Waals surface area contributed by atoms with Crippen LogP contribution in [-0.2, 0) is 0 Å². The largest absolute Gasteiger partial charge is 0.351 e. The number of hydrogen-bond donors (Lipinski definition) is 2. The topological polar surface area (TPSA) is 55.1 Å². The Hall–Kier alpha value is -2.65. The van der Waals surface area contributed by atoms with E-state index in [9.17, 15) is 4.79 Å². The highest BCUT2D eigenvalue weighted by Crippen LogP contribution is 2.20. The molecule has 1 atom stereocenters. The first-order valence-corrected chi connectivity index (χ1v) is 8.30. The summed E-state index contributed by atoms with van der Waals surface area (Å²) in [6.45, 7) is 1.19. The lowest BCUT2D eigenvalue weighted by atomic mass is 9.95. The molecular formula is C21H22N2O. The second-order valence-electron chi connectivity index (χ2n) is 5.92. The van der Waals surface area contributed by atoms with Crippen molar-refractivity contribution in [3.05, 3.63) is 83.9 Å². The molecule has 24 heavy (non-hydrogen) atoms. The number of nitrogens with two attached hydrogens (primary N) is 1. The molecular weight excluding hydrogens is 296 g/mol. The molecule has 1 unspecified atom stereocenters. The van der Waals surface area contributed by atoms with Gasteiger partial charge in [0.1, 0.15) is 0 Å². The molecule has 3 nitrogen and oxygen atoms in total. The molecule has 0 radical (unpaired) electrons. The van der Waals surface area contributed by atoms with E-state index in [1.165, 1.54) is 5.56 Å². The van der Waals surface area contributed by atoms with Crippen LogP contribution in [0.1, 0.15) is 28.3 Å². The van der Waals surface area contributed by atoms with Crippen molar-refractivity contribution >= 4 is 16.7 Å². The first-order chi connectivity index (χ1) is 11.8. The van der Waals surface area contributed by atoms with Crippen LogP contribution in [0.2, 0.25) is 0 Å². The third-order valence-electron chi connectivity index (χ3n) is 4.33. The van der Waals surface area contributed by atoms with Gasteiger partial charge in [0.15, 0.2) is 0 Å². The number of carbonyl (C=O) groups excluding carboxylic acids is 1. The lowest BCUT2D eigenvalue weighted by molar-refractivity contribution is 0.0952. The van der Waals surface area contributed by atoms with Gasteiger partial charge in [-0.05, 0) is 35.4 Å². The van der Waals surface area contributed by atoms with E-state index in [0.29, 0.717) is 18.7 Å². The van der Waals surface area contributed by atoms with Crippen molar-refractivity contribution in [1.29, 1.82) is 0 Å². The van der Waals surface area contributed by atoms with Gasteiger partial charge in [-0.3, -0.25) is 4.79 Å². The maximum atomic E-state index is 12.7. The van der Waals surface area contributed by atoms with Gasteiger partial charge >= 0.3 is 0 Å². The lowest BCUT2D eigenvalue weighted by Gasteiger charge is -2.18. The molecule has 3 aromatic carbocycles. The molecule has 0 aliphatic rings. The van der Waals surface area contributed by atoms with Crippen molar-refractivity contribution in [2.24, 2.45) is 5.73 Å². The Balaban J connectivity index is 1.76. The van der Waals surface area contributed by atoms with Gasteiger partial charge in [-0.2, -0.15) is 0 Å². The zero-order valence-electron chi connectivity index (χ0n) is 13.6. The summed E-state index contributed by atoms with van der Waals surface area (Å²) in [5.74, 6) is 0.194. The fraction of sp³-hybridized carbons (Fsp3) is 0.190. The molecule has 122 valence electrons. The van der Waals surface area contributed by atoms with Gasteiger partial charge in [0.05, 0.1) is 0 Å². The summed E-state index contributed by atoms with van der Waals surface area (Å²) in [5, 5.41) is 5.13. The van der Waals surface area contributed by atoms with E-state index in [-0.39, 0.29) is 11.8 Å². The number of fused-ring (bicyclic) bond motifs is 1. The molecule has 3 aromatic rings. The Bertz CT molecular complexity index is 809. The van der Waals surface area contributed by atoms with Crippen LogP contribution in [0.4, 0.5) is 0 Å². The van der Waals surface area contributed by atoms with Crippen molar-refractivity contribution < 1.29 is 4.79 Å². The summed E-state index contributed by atoms with van der Waals surface area (Å²) in [6, 6.07) is 24.0. The highest BCUT2D eigenvalue weighted by Gasteiger charge is 2.14. The lowest BCUT2D eigenvalue weighted by Crippen LogP contribution is -2.29. The number of rotatable bonds is 6. The summed E-state index contributed by atoms with van der Waals surface area (Å²) in [6.07, 6.45) is 0.847. The van der Waals surface area contributed by atoms with Crippen LogP contribution in [0.25, 0.3) is 10.8 Å². The van der Waals surface area contributed by atoms with Crippen molar-refractivity contribution in [1.82, 2.24) is 5.32 Å². The van der Waals surface area contributed by atoms with E-state index in [1.54, 1.807) is 0 Å². The minimum absolute atomic E-state index is 0.0373. The van der Waals surface area contributed by atoms with E-state index in [1.807, 2.05) is 60.7 Å². The third kappa shape index (κ3) is 3.63. The third-order valence-corrected chi connectivity index (χ3v) is 4.33. The van der Waals surface area contributed by atoms with Gasteiger partial charge in [-0.25, -0.2) is 0 Å². The Morgan fingerprint density at radius 1 is 0.917 bits per heavy atom. The van der Waals surface area contributed by atoms with Crippen LogP contribution < -0.4 is 11.1 Å². The minimum atomic E-state index is -0.0373. The molecule has 3 N–H and O–H groups in total. The first-order valence-electron chi connectivity index (χ1n) is 8.30. The Morgan fingerprint density at radius 3 is 2.42 bits per heavy atom. The summed E-state index contributed by atoms with van der Waals surface area (Å²) in [5.41, 5.74) is 7.67. The maximum Gasteiger partial charge on any atom is 0.251 e. The van der Waals surface area contributed by atoms with Crippen molar-refractivity contribution in [3.8, 4) is 0 Å². The zero-order chi connectivity index (χ0) is 16.8. The maximum absolute atomic E-state index is 12.7. The van der Waals surface area contributed by atoms with Crippen LogP contribution >= 0.6 is 0 Å². The summed E-state index contributed by atoms with van der Waals surface area (Å²) in [4.78, 5) is 12.7. The van der Waals surface area contributed by atoms with Crippen LogP contribution in [0, 0.1) is 0 Å². The molecule has 0 aliphatic heterocycles. The molecule has 0 spiro atoms. The van der Waals surface area contributed by atoms with Gasteiger partial charge in [-0.15, -0.1) is 0 Å².